The zero-order chi connectivity index (χ0) is 25.6. The Hall–Kier alpha value is -3.96. The highest BCUT2D eigenvalue weighted by Crippen LogP contribution is 2.16. The Bertz CT molecular complexity index is 1280. The summed E-state index contributed by atoms with van der Waals surface area (Å²) in [6.45, 7) is 4.84. The molecule has 0 aliphatic rings. The molecule has 0 aliphatic carbocycles. The van der Waals surface area contributed by atoms with Crippen molar-refractivity contribution >= 4 is 39.2 Å². The van der Waals surface area contributed by atoms with Crippen LogP contribution in [-0.2, 0) is 19.6 Å². The number of esters is 1. The molecule has 0 bridgehead atoms. The smallest absolute Gasteiger partial charge is 0.338 e. The molecule has 2 amide bonds. The third-order valence-electron chi connectivity index (χ3n) is 4.60. The SMILES string of the molecule is CC(C)NS(=O)(=O)c1ccc(NC(=O)C(C)OC(=O)c2ccc(NC(=O)c3ccco3)cc2)cc1. The number of hydrogen-bond acceptors (Lipinski definition) is 7. The molecule has 11 heteroatoms. The van der Waals surface area contributed by atoms with Crippen LogP contribution in [0.5, 0.6) is 0 Å². The van der Waals surface area contributed by atoms with E-state index in [-0.39, 0.29) is 22.3 Å². The summed E-state index contributed by atoms with van der Waals surface area (Å²) in [5, 5.41) is 5.20. The molecule has 3 N–H and O–H groups in total. The minimum Gasteiger partial charge on any atom is -0.459 e. The number of carbonyl (C=O) groups is 3. The van der Waals surface area contributed by atoms with E-state index in [2.05, 4.69) is 15.4 Å². The Morgan fingerprint density at radius 1 is 0.857 bits per heavy atom. The number of hydrogen-bond donors (Lipinski definition) is 3. The molecule has 1 aromatic heterocycles. The van der Waals surface area contributed by atoms with Crippen molar-refractivity contribution in [1.29, 1.82) is 0 Å². The van der Waals surface area contributed by atoms with Gasteiger partial charge in [-0.25, -0.2) is 17.9 Å². The summed E-state index contributed by atoms with van der Waals surface area (Å²) in [7, 11) is -3.65. The van der Waals surface area contributed by atoms with Crippen LogP contribution in [0.1, 0.15) is 41.7 Å². The van der Waals surface area contributed by atoms with Crippen LogP contribution in [0.2, 0.25) is 0 Å². The summed E-state index contributed by atoms with van der Waals surface area (Å²) in [4.78, 5) is 36.9. The summed E-state index contributed by atoms with van der Waals surface area (Å²) < 4.78 is 37.1. The van der Waals surface area contributed by atoms with E-state index in [1.807, 2.05) is 0 Å². The highest BCUT2D eigenvalue weighted by Gasteiger charge is 2.20. The molecule has 3 rings (SSSR count). The molecular formula is C24H25N3O7S. The number of amides is 2. The lowest BCUT2D eigenvalue weighted by molar-refractivity contribution is -0.123. The largest absolute Gasteiger partial charge is 0.459 e. The van der Waals surface area contributed by atoms with Gasteiger partial charge in [-0.05, 0) is 81.4 Å². The molecule has 10 nitrogen and oxygen atoms in total. The molecule has 35 heavy (non-hydrogen) atoms. The summed E-state index contributed by atoms with van der Waals surface area (Å²) in [6.07, 6.45) is 0.267. The number of furan rings is 1. The van der Waals surface area contributed by atoms with Crippen LogP contribution in [-0.4, -0.2) is 38.3 Å². The summed E-state index contributed by atoms with van der Waals surface area (Å²) in [5.74, 6) is -1.59. The predicted molar refractivity (Wildman–Crippen MR) is 129 cm³/mol. The average Bonchev–Trinajstić information content (AvgIpc) is 3.34. The van der Waals surface area contributed by atoms with Crippen LogP contribution in [0.15, 0.2) is 76.2 Å². The number of rotatable bonds is 9. The van der Waals surface area contributed by atoms with Gasteiger partial charge in [-0.15, -0.1) is 0 Å². The number of anilines is 2. The van der Waals surface area contributed by atoms with Crippen molar-refractivity contribution < 1.29 is 32.0 Å². The third kappa shape index (κ3) is 7.01. The van der Waals surface area contributed by atoms with Crippen LogP contribution in [0.4, 0.5) is 11.4 Å². The number of carbonyl (C=O) groups excluding carboxylic acids is 3. The highest BCUT2D eigenvalue weighted by molar-refractivity contribution is 7.89. The van der Waals surface area contributed by atoms with Gasteiger partial charge in [0, 0.05) is 17.4 Å². The van der Waals surface area contributed by atoms with Gasteiger partial charge < -0.3 is 19.8 Å². The maximum Gasteiger partial charge on any atom is 0.338 e. The lowest BCUT2D eigenvalue weighted by Gasteiger charge is -2.14. The predicted octanol–water partition coefficient (Wildman–Crippen LogP) is 3.40. The molecule has 0 aliphatic heterocycles. The van der Waals surface area contributed by atoms with E-state index in [1.165, 1.54) is 67.8 Å². The van der Waals surface area contributed by atoms with Gasteiger partial charge in [0.25, 0.3) is 11.8 Å². The van der Waals surface area contributed by atoms with Crippen molar-refractivity contribution in [2.75, 3.05) is 10.6 Å². The Kier molecular flexibility index (Phi) is 8.05. The standard InChI is InChI=1S/C24H25N3O7S/c1-15(2)27-35(31,32)20-12-10-19(11-13-20)25-22(28)16(3)34-24(30)17-6-8-18(9-7-17)26-23(29)21-5-4-14-33-21/h4-16,27H,1-3H3,(H,25,28)(H,26,29). The quantitative estimate of drug-likeness (QED) is 0.383. The summed E-state index contributed by atoms with van der Waals surface area (Å²) in [6, 6.07) is 14.4. The molecule has 0 saturated heterocycles. The Morgan fingerprint density at radius 3 is 2.03 bits per heavy atom. The first-order valence-corrected chi connectivity index (χ1v) is 12.1. The lowest BCUT2D eigenvalue weighted by atomic mass is 10.2. The second-order valence-corrected chi connectivity index (χ2v) is 9.56. The van der Waals surface area contributed by atoms with Crippen LogP contribution in [0.25, 0.3) is 0 Å². The van der Waals surface area contributed by atoms with E-state index in [1.54, 1.807) is 19.9 Å². The van der Waals surface area contributed by atoms with E-state index >= 15 is 0 Å². The Balaban J connectivity index is 1.54. The van der Waals surface area contributed by atoms with Crippen LogP contribution < -0.4 is 15.4 Å². The zero-order valence-corrected chi connectivity index (χ0v) is 20.1. The summed E-state index contributed by atoms with van der Waals surface area (Å²) in [5.41, 5.74) is 0.980. The molecule has 2 aromatic carbocycles. The van der Waals surface area contributed by atoms with Crippen molar-refractivity contribution in [2.45, 2.75) is 37.8 Å². The second kappa shape index (κ2) is 11.0. The van der Waals surface area contributed by atoms with Crippen molar-refractivity contribution in [1.82, 2.24) is 4.72 Å². The molecular weight excluding hydrogens is 474 g/mol. The molecule has 184 valence electrons. The van der Waals surface area contributed by atoms with Crippen LogP contribution >= 0.6 is 0 Å². The Labute approximate surface area is 202 Å². The van der Waals surface area contributed by atoms with Crippen molar-refractivity contribution in [2.24, 2.45) is 0 Å². The second-order valence-electron chi connectivity index (χ2n) is 7.85. The normalized spacial score (nSPS) is 12.1. The molecule has 1 atom stereocenters. The monoisotopic (exact) mass is 499 g/mol. The van der Waals surface area contributed by atoms with Crippen LogP contribution in [0, 0.1) is 0 Å². The van der Waals surface area contributed by atoms with Gasteiger partial charge in [-0.1, -0.05) is 0 Å². The van der Waals surface area contributed by atoms with E-state index in [4.69, 9.17) is 9.15 Å². The fourth-order valence-electron chi connectivity index (χ4n) is 2.91. The molecule has 0 radical (unpaired) electrons. The molecule has 1 unspecified atom stereocenters. The third-order valence-corrected chi connectivity index (χ3v) is 6.27. The van der Waals surface area contributed by atoms with E-state index in [0.717, 1.165) is 0 Å². The van der Waals surface area contributed by atoms with E-state index < -0.39 is 33.9 Å². The minimum absolute atomic E-state index is 0.0625. The fraction of sp³-hybridized carbons (Fsp3) is 0.208. The number of ether oxygens (including phenoxy) is 1. The first-order chi connectivity index (χ1) is 16.5. The molecule has 0 spiro atoms. The number of sulfonamides is 1. The maximum atomic E-state index is 12.4. The van der Waals surface area contributed by atoms with Gasteiger partial charge in [0.1, 0.15) is 0 Å². The maximum absolute atomic E-state index is 12.4. The molecule has 0 fully saturated rings. The highest BCUT2D eigenvalue weighted by atomic mass is 32.2. The number of nitrogens with one attached hydrogen (secondary N) is 3. The summed E-state index contributed by atoms with van der Waals surface area (Å²) >= 11 is 0. The topological polar surface area (TPSA) is 144 Å². The first kappa shape index (κ1) is 25.7. The Morgan fingerprint density at radius 2 is 1.46 bits per heavy atom. The van der Waals surface area contributed by atoms with Crippen molar-refractivity contribution in [3.05, 3.63) is 78.3 Å². The van der Waals surface area contributed by atoms with Gasteiger partial charge >= 0.3 is 5.97 Å². The van der Waals surface area contributed by atoms with Crippen LogP contribution in [0.3, 0.4) is 0 Å². The van der Waals surface area contributed by atoms with Gasteiger partial charge in [-0.3, -0.25) is 9.59 Å². The van der Waals surface area contributed by atoms with Gasteiger partial charge in [0.05, 0.1) is 16.7 Å². The number of benzene rings is 2. The minimum atomic E-state index is -3.65. The van der Waals surface area contributed by atoms with Crippen molar-refractivity contribution in [3.8, 4) is 0 Å². The van der Waals surface area contributed by atoms with Gasteiger partial charge in [-0.2, -0.15) is 0 Å². The fourth-order valence-corrected chi connectivity index (χ4v) is 4.16. The average molecular weight is 500 g/mol. The van der Waals surface area contributed by atoms with E-state index in [0.29, 0.717) is 11.4 Å². The van der Waals surface area contributed by atoms with Gasteiger partial charge in [0.2, 0.25) is 10.0 Å². The lowest BCUT2D eigenvalue weighted by Crippen LogP contribution is -2.30. The molecule has 1 heterocycles. The molecule has 0 saturated carbocycles. The van der Waals surface area contributed by atoms with Gasteiger partial charge in [0.15, 0.2) is 11.9 Å². The zero-order valence-electron chi connectivity index (χ0n) is 19.3. The molecule has 3 aromatic rings. The van der Waals surface area contributed by atoms with Crippen molar-refractivity contribution in [3.63, 3.8) is 0 Å². The first-order valence-electron chi connectivity index (χ1n) is 10.6. The van der Waals surface area contributed by atoms with E-state index in [9.17, 15) is 22.8 Å².